The molecule has 2 atom stereocenters. The van der Waals surface area contributed by atoms with Crippen LogP contribution in [-0.4, -0.2) is 31.8 Å². The van der Waals surface area contributed by atoms with Gasteiger partial charge in [-0.25, -0.2) is 0 Å². The maximum Gasteiger partial charge on any atom is 0.309 e. The second-order valence-corrected chi connectivity index (χ2v) is 9.61. The molecule has 5 rings (SSSR count). The van der Waals surface area contributed by atoms with Crippen LogP contribution in [0.2, 0.25) is 0 Å². The molecule has 0 bridgehead atoms. The van der Waals surface area contributed by atoms with Gasteiger partial charge >= 0.3 is 5.97 Å². The van der Waals surface area contributed by atoms with E-state index in [-0.39, 0.29) is 23.4 Å². The highest BCUT2D eigenvalue weighted by atomic mass is 16.5. The Hall–Kier alpha value is -1.55. The minimum Gasteiger partial charge on any atom is -0.487 e. The van der Waals surface area contributed by atoms with Crippen LogP contribution in [0.4, 0.5) is 0 Å². The van der Waals surface area contributed by atoms with Gasteiger partial charge in [-0.15, -0.1) is 0 Å². The lowest BCUT2D eigenvalue weighted by molar-refractivity contribution is -0.145. The quantitative estimate of drug-likeness (QED) is 0.820. The van der Waals surface area contributed by atoms with Crippen LogP contribution in [0.15, 0.2) is 18.2 Å². The maximum atomic E-state index is 12.2. The van der Waals surface area contributed by atoms with Crippen LogP contribution in [0.5, 0.6) is 5.75 Å². The average Bonchev–Trinajstić information content (AvgIpc) is 3.37. The summed E-state index contributed by atoms with van der Waals surface area (Å²) in [5.74, 6) is 1.72. The first-order chi connectivity index (χ1) is 13.0. The number of fused-ring (bicyclic) bond motifs is 1. The smallest absolute Gasteiger partial charge is 0.309 e. The summed E-state index contributed by atoms with van der Waals surface area (Å²) in [5.41, 5.74) is 3.13. The van der Waals surface area contributed by atoms with Crippen molar-refractivity contribution in [3.05, 3.63) is 29.3 Å². The molecule has 2 aliphatic heterocycles. The van der Waals surface area contributed by atoms with Crippen molar-refractivity contribution in [2.75, 3.05) is 20.2 Å². The molecule has 0 aromatic heterocycles. The number of hydrogen-bond donors (Lipinski definition) is 1. The summed E-state index contributed by atoms with van der Waals surface area (Å²) in [6, 6.07) is 6.71. The Morgan fingerprint density at radius 2 is 2.11 bits per heavy atom. The van der Waals surface area contributed by atoms with E-state index in [1.165, 1.54) is 50.3 Å². The van der Waals surface area contributed by atoms with Crippen LogP contribution in [0.3, 0.4) is 0 Å². The van der Waals surface area contributed by atoms with E-state index in [2.05, 4.69) is 23.5 Å². The predicted molar refractivity (Wildman–Crippen MR) is 104 cm³/mol. The lowest BCUT2D eigenvalue weighted by atomic mass is 9.56. The first-order valence-corrected chi connectivity index (χ1v) is 10.6. The van der Waals surface area contributed by atoms with Gasteiger partial charge in [0.05, 0.1) is 13.0 Å². The van der Waals surface area contributed by atoms with Gasteiger partial charge in [-0.2, -0.15) is 0 Å². The van der Waals surface area contributed by atoms with Gasteiger partial charge in [-0.05, 0) is 85.9 Å². The highest BCUT2D eigenvalue weighted by molar-refractivity contribution is 5.73. The molecule has 0 unspecified atom stereocenters. The molecule has 3 fully saturated rings. The zero-order valence-electron chi connectivity index (χ0n) is 16.6. The fourth-order valence-electron chi connectivity index (χ4n) is 6.14. The highest BCUT2D eigenvalue weighted by Gasteiger charge is 2.58. The molecule has 1 N–H and O–H groups in total. The van der Waals surface area contributed by atoms with Gasteiger partial charge in [0.15, 0.2) is 0 Å². The molecule has 4 aliphatic rings. The fourth-order valence-corrected chi connectivity index (χ4v) is 6.14. The van der Waals surface area contributed by atoms with Crippen molar-refractivity contribution in [1.82, 2.24) is 5.32 Å². The molecular weight excluding hydrogens is 338 g/mol. The minimum atomic E-state index is -0.102. The van der Waals surface area contributed by atoms with Gasteiger partial charge in [-0.3, -0.25) is 4.79 Å². The summed E-state index contributed by atoms with van der Waals surface area (Å²) in [7, 11) is 1.49. The van der Waals surface area contributed by atoms with E-state index >= 15 is 0 Å². The summed E-state index contributed by atoms with van der Waals surface area (Å²) < 4.78 is 11.7. The zero-order valence-corrected chi connectivity index (χ0v) is 16.6. The standard InChI is InChI=1S/C23H31NO3/c1-15(21(25)26-2)20(17-4-5-17)18-6-3-16-7-8-23(27-19(16)11-18)12-22(13-23)9-10-24-14-22/h3,6,11,15,17,20,24H,4-5,7-10,12-14H2,1-2H3/t15-,20-,22?,23?/m0/s1. The second-order valence-electron chi connectivity index (χ2n) is 9.61. The minimum absolute atomic E-state index is 0.0562. The predicted octanol–water partition coefficient (Wildman–Crippen LogP) is 3.83. The number of ether oxygens (including phenoxy) is 2. The van der Waals surface area contributed by atoms with Gasteiger partial charge < -0.3 is 14.8 Å². The van der Waals surface area contributed by atoms with E-state index in [9.17, 15) is 4.79 Å². The lowest BCUT2D eigenvalue weighted by Gasteiger charge is -2.56. The van der Waals surface area contributed by atoms with Crippen LogP contribution < -0.4 is 10.1 Å². The Morgan fingerprint density at radius 3 is 2.78 bits per heavy atom. The molecule has 2 saturated carbocycles. The molecule has 4 nitrogen and oxygen atoms in total. The topological polar surface area (TPSA) is 47.6 Å². The third kappa shape index (κ3) is 2.97. The van der Waals surface area contributed by atoms with E-state index in [0.29, 0.717) is 11.3 Å². The van der Waals surface area contributed by atoms with E-state index in [0.717, 1.165) is 31.7 Å². The van der Waals surface area contributed by atoms with Crippen molar-refractivity contribution in [3.8, 4) is 5.75 Å². The van der Waals surface area contributed by atoms with Crippen molar-refractivity contribution >= 4 is 5.97 Å². The number of carbonyl (C=O) groups excluding carboxylic acids is 1. The average molecular weight is 370 g/mol. The third-order valence-electron chi connectivity index (χ3n) is 7.62. The first kappa shape index (κ1) is 17.5. The van der Waals surface area contributed by atoms with Crippen LogP contribution >= 0.6 is 0 Å². The zero-order chi connectivity index (χ0) is 18.6. The summed E-state index contributed by atoms with van der Waals surface area (Å²) in [6.45, 7) is 4.33. The molecule has 1 aromatic rings. The maximum absolute atomic E-state index is 12.2. The van der Waals surface area contributed by atoms with Gasteiger partial charge in [0, 0.05) is 6.54 Å². The molecule has 2 aliphatic carbocycles. The van der Waals surface area contributed by atoms with Crippen LogP contribution in [0.1, 0.15) is 62.5 Å². The number of aryl methyl sites for hydroxylation is 1. The summed E-state index contributed by atoms with van der Waals surface area (Å²) >= 11 is 0. The second kappa shape index (κ2) is 6.23. The van der Waals surface area contributed by atoms with Crippen molar-refractivity contribution in [1.29, 1.82) is 0 Å². The largest absolute Gasteiger partial charge is 0.487 e. The molecule has 4 heteroatoms. The van der Waals surface area contributed by atoms with Gasteiger partial charge in [-0.1, -0.05) is 19.1 Å². The number of carbonyl (C=O) groups is 1. The van der Waals surface area contributed by atoms with Gasteiger partial charge in [0.25, 0.3) is 0 Å². The SMILES string of the molecule is COC(=O)[C@@H](C)[C@H](c1ccc2c(c1)OC1(CC2)CC2(CCNC2)C1)C1CC1. The van der Waals surface area contributed by atoms with E-state index < -0.39 is 0 Å². The number of rotatable bonds is 4. The molecule has 2 spiro atoms. The van der Waals surface area contributed by atoms with Crippen LogP contribution in [-0.2, 0) is 16.0 Å². The number of benzene rings is 1. The Balaban J connectivity index is 1.38. The fraction of sp³-hybridized carbons (Fsp3) is 0.696. The normalized spacial score (nSPS) is 33.9. The monoisotopic (exact) mass is 369 g/mol. The Labute approximate surface area is 162 Å². The van der Waals surface area contributed by atoms with Crippen molar-refractivity contribution < 1.29 is 14.3 Å². The van der Waals surface area contributed by atoms with E-state index in [4.69, 9.17) is 9.47 Å². The van der Waals surface area contributed by atoms with Crippen molar-refractivity contribution in [3.63, 3.8) is 0 Å². The highest BCUT2D eigenvalue weighted by Crippen LogP contribution is 2.58. The van der Waals surface area contributed by atoms with Crippen LogP contribution in [0.25, 0.3) is 0 Å². The van der Waals surface area contributed by atoms with Crippen molar-refractivity contribution in [2.45, 2.75) is 63.4 Å². The van der Waals surface area contributed by atoms with Gasteiger partial charge in [0.2, 0.25) is 0 Å². The first-order valence-electron chi connectivity index (χ1n) is 10.6. The lowest BCUT2D eigenvalue weighted by Crippen LogP contribution is -2.57. The van der Waals surface area contributed by atoms with E-state index in [1.807, 2.05) is 6.92 Å². The molecule has 0 radical (unpaired) electrons. The Morgan fingerprint density at radius 1 is 1.30 bits per heavy atom. The van der Waals surface area contributed by atoms with Gasteiger partial charge in [0.1, 0.15) is 11.4 Å². The van der Waals surface area contributed by atoms with E-state index in [1.54, 1.807) is 0 Å². The summed E-state index contributed by atoms with van der Waals surface area (Å²) in [4.78, 5) is 12.2. The number of nitrogens with one attached hydrogen (secondary N) is 1. The molecule has 1 aromatic carbocycles. The molecule has 1 saturated heterocycles. The van der Waals surface area contributed by atoms with Crippen LogP contribution in [0, 0.1) is 17.3 Å². The van der Waals surface area contributed by atoms with Crippen molar-refractivity contribution in [2.24, 2.45) is 17.3 Å². The molecule has 27 heavy (non-hydrogen) atoms. The number of methoxy groups -OCH3 is 1. The number of hydrogen-bond acceptors (Lipinski definition) is 4. The summed E-state index contributed by atoms with van der Waals surface area (Å²) in [6.07, 6.45) is 8.37. The molecular formula is C23H31NO3. The Bertz CT molecular complexity index is 740. The molecule has 0 amide bonds. The molecule has 146 valence electrons. The Kier molecular flexibility index (Phi) is 4.05. The number of esters is 1. The third-order valence-corrected chi connectivity index (χ3v) is 7.62. The summed E-state index contributed by atoms with van der Waals surface area (Å²) in [5, 5.41) is 3.53. The molecule has 2 heterocycles.